The maximum absolute atomic E-state index is 4.72. The van der Waals surface area contributed by atoms with Gasteiger partial charge in [0.15, 0.2) is 0 Å². The van der Waals surface area contributed by atoms with Gasteiger partial charge in [-0.25, -0.2) is 0 Å². The molecule has 2 heterocycles. The lowest BCUT2D eigenvalue weighted by Crippen LogP contribution is -2.15. The van der Waals surface area contributed by atoms with Gasteiger partial charge in [0, 0.05) is 34.0 Å². The molecule has 1 saturated carbocycles. The van der Waals surface area contributed by atoms with E-state index >= 15 is 0 Å². The van der Waals surface area contributed by atoms with Gasteiger partial charge in [0.1, 0.15) is 0 Å². The molecule has 20 heavy (non-hydrogen) atoms. The predicted octanol–water partition coefficient (Wildman–Crippen LogP) is 4.50. The molecule has 1 aliphatic carbocycles. The molecule has 0 saturated heterocycles. The molecule has 0 aliphatic heterocycles. The largest absolute Gasteiger partial charge is 0.306 e. The Labute approximate surface area is 132 Å². The number of thiophene rings is 1. The second-order valence-corrected chi connectivity index (χ2v) is 7.33. The Morgan fingerprint density at radius 1 is 1.30 bits per heavy atom. The number of aromatic nitrogens is 2. The minimum absolute atomic E-state index is 0.630. The molecule has 0 aromatic carbocycles. The summed E-state index contributed by atoms with van der Waals surface area (Å²) in [6, 6.07) is 4.94. The van der Waals surface area contributed by atoms with Gasteiger partial charge < -0.3 is 5.32 Å². The zero-order valence-electron chi connectivity index (χ0n) is 11.5. The summed E-state index contributed by atoms with van der Waals surface area (Å²) in [4.78, 5) is 1.35. The van der Waals surface area contributed by atoms with Crippen LogP contribution in [0.5, 0.6) is 0 Å². The number of halogens is 1. The summed E-state index contributed by atoms with van der Waals surface area (Å²) in [5, 5.41) is 10.3. The molecular weight excluding hydrogens is 334 g/mol. The Kier molecular flexibility index (Phi) is 4.91. The van der Waals surface area contributed by atoms with Crippen LogP contribution in [0.2, 0.25) is 0 Å². The van der Waals surface area contributed by atoms with Crippen molar-refractivity contribution in [3.63, 3.8) is 0 Å². The number of rotatable bonds is 5. The van der Waals surface area contributed by atoms with Gasteiger partial charge in [0.05, 0.1) is 11.7 Å². The molecule has 3 nitrogen and oxygen atoms in total. The van der Waals surface area contributed by atoms with Crippen LogP contribution in [-0.2, 0) is 13.1 Å². The minimum Gasteiger partial charge on any atom is -0.306 e. The number of nitrogens with zero attached hydrogens (tertiary/aromatic N) is 2. The van der Waals surface area contributed by atoms with E-state index in [1.165, 1.54) is 41.5 Å². The van der Waals surface area contributed by atoms with Crippen LogP contribution in [0.25, 0.3) is 0 Å². The Morgan fingerprint density at radius 3 is 2.90 bits per heavy atom. The van der Waals surface area contributed by atoms with Crippen molar-refractivity contribution in [2.75, 3.05) is 0 Å². The molecule has 0 spiro atoms. The van der Waals surface area contributed by atoms with Gasteiger partial charge in [0.25, 0.3) is 0 Å². The Balaban J connectivity index is 1.49. The van der Waals surface area contributed by atoms with Gasteiger partial charge in [-0.2, -0.15) is 5.10 Å². The summed E-state index contributed by atoms with van der Waals surface area (Å²) in [7, 11) is 0. The summed E-state index contributed by atoms with van der Waals surface area (Å²) in [6.07, 6.45) is 8.82. The molecule has 108 valence electrons. The van der Waals surface area contributed by atoms with Gasteiger partial charge in [0.2, 0.25) is 0 Å². The summed E-state index contributed by atoms with van der Waals surface area (Å²) >= 11 is 5.26. The summed E-state index contributed by atoms with van der Waals surface area (Å²) in [5.74, 6) is 0. The minimum atomic E-state index is 0.630. The van der Waals surface area contributed by atoms with E-state index in [2.05, 4.69) is 49.6 Å². The fraction of sp³-hybridized carbons (Fsp3) is 0.533. The van der Waals surface area contributed by atoms with Crippen LogP contribution >= 0.6 is 27.3 Å². The van der Waals surface area contributed by atoms with Gasteiger partial charge >= 0.3 is 0 Å². The van der Waals surface area contributed by atoms with Crippen molar-refractivity contribution >= 4 is 27.3 Å². The third-order valence-corrected chi connectivity index (χ3v) is 5.54. The van der Waals surface area contributed by atoms with Gasteiger partial charge in [-0.1, -0.05) is 19.3 Å². The van der Waals surface area contributed by atoms with Crippen molar-refractivity contribution in [2.24, 2.45) is 0 Å². The predicted molar refractivity (Wildman–Crippen MR) is 86.9 cm³/mol. The van der Waals surface area contributed by atoms with E-state index in [4.69, 9.17) is 5.10 Å². The van der Waals surface area contributed by atoms with E-state index in [9.17, 15) is 0 Å². The molecule has 0 amide bonds. The maximum atomic E-state index is 4.72. The van der Waals surface area contributed by atoms with E-state index in [0.717, 1.165) is 18.8 Å². The normalized spacial score (nSPS) is 16.6. The van der Waals surface area contributed by atoms with E-state index in [1.807, 2.05) is 0 Å². The molecule has 1 aliphatic rings. The Hall–Kier alpha value is -0.650. The molecule has 0 unspecified atom stereocenters. The van der Waals surface area contributed by atoms with Crippen LogP contribution in [0.1, 0.15) is 48.7 Å². The van der Waals surface area contributed by atoms with Crippen molar-refractivity contribution in [3.05, 3.63) is 38.8 Å². The Bertz CT molecular complexity index is 543. The average molecular weight is 354 g/mol. The molecule has 1 N–H and O–H groups in total. The molecule has 3 rings (SSSR count). The molecule has 2 aromatic rings. The van der Waals surface area contributed by atoms with E-state index in [1.54, 1.807) is 11.3 Å². The van der Waals surface area contributed by atoms with E-state index < -0.39 is 0 Å². The van der Waals surface area contributed by atoms with Crippen molar-refractivity contribution in [3.8, 4) is 0 Å². The van der Waals surface area contributed by atoms with Gasteiger partial charge in [-0.3, -0.25) is 4.68 Å². The highest BCUT2D eigenvalue weighted by molar-refractivity contribution is 9.10. The highest BCUT2D eigenvalue weighted by atomic mass is 79.9. The zero-order valence-corrected chi connectivity index (χ0v) is 13.9. The standard InChI is InChI=1S/C15H20BrN3S/c16-12-8-15(20-11-12)10-17-9-13-6-7-19(18-13)14-4-2-1-3-5-14/h6-8,11,14,17H,1-5,9-10H2. The summed E-state index contributed by atoms with van der Waals surface area (Å²) < 4.78 is 3.35. The summed E-state index contributed by atoms with van der Waals surface area (Å²) in [6.45, 7) is 1.75. The molecule has 1 fully saturated rings. The van der Waals surface area contributed by atoms with Crippen LogP contribution < -0.4 is 5.32 Å². The first-order chi connectivity index (χ1) is 9.81. The third-order valence-electron chi connectivity index (χ3n) is 3.84. The smallest absolute Gasteiger partial charge is 0.0762 e. The zero-order chi connectivity index (χ0) is 13.8. The topological polar surface area (TPSA) is 29.9 Å². The second kappa shape index (κ2) is 6.87. The fourth-order valence-corrected chi connectivity index (χ4v) is 4.20. The monoisotopic (exact) mass is 353 g/mol. The average Bonchev–Trinajstić information content (AvgIpc) is 3.09. The lowest BCUT2D eigenvalue weighted by Gasteiger charge is -2.21. The summed E-state index contributed by atoms with van der Waals surface area (Å²) in [5.41, 5.74) is 1.14. The number of hydrogen-bond acceptors (Lipinski definition) is 3. The molecular formula is C15H20BrN3S. The third kappa shape index (κ3) is 3.71. The molecule has 2 aromatic heterocycles. The lowest BCUT2D eigenvalue weighted by atomic mass is 9.96. The highest BCUT2D eigenvalue weighted by Crippen LogP contribution is 2.27. The van der Waals surface area contributed by atoms with Crippen LogP contribution in [0, 0.1) is 0 Å². The number of hydrogen-bond donors (Lipinski definition) is 1. The molecule has 5 heteroatoms. The maximum Gasteiger partial charge on any atom is 0.0762 e. The lowest BCUT2D eigenvalue weighted by molar-refractivity contribution is 0.327. The molecule has 0 bridgehead atoms. The first kappa shape index (κ1) is 14.3. The van der Waals surface area contributed by atoms with Crippen LogP contribution in [0.3, 0.4) is 0 Å². The van der Waals surface area contributed by atoms with Crippen LogP contribution in [0.4, 0.5) is 0 Å². The first-order valence-electron chi connectivity index (χ1n) is 7.29. The highest BCUT2D eigenvalue weighted by Gasteiger charge is 2.15. The van der Waals surface area contributed by atoms with E-state index in [0.29, 0.717) is 6.04 Å². The van der Waals surface area contributed by atoms with Crippen LogP contribution in [-0.4, -0.2) is 9.78 Å². The van der Waals surface area contributed by atoms with Gasteiger partial charge in [-0.05, 0) is 40.9 Å². The first-order valence-corrected chi connectivity index (χ1v) is 8.96. The molecule has 0 atom stereocenters. The second-order valence-electron chi connectivity index (χ2n) is 5.41. The van der Waals surface area contributed by atoms with Gasteiger partial charge in [-0.15, -0.1) is 11.3 Å². The van der Waals surface area contributed by atoms with E-state index in [-0.39, 0.29) is 0 Å². The van der Waals surface area contributed by atoms with Crippen molar-refractivity contribution < 1.29 is 0 Å². The number of nitrogens with one attached hydrogen (secondary N) is 1. The van der Waals surface area contributed by atoms with Crippen molar-refractivity contribution in [2.45, 2.75) is 51.2 Å². The molecule has 0 radical (unpaired) electrons. The quantitative estimate of drug-likeness (QED) is 0.857. The SMILES string of the molecule is Brc1csc(CNCc2ccn(C3CCCCC3)n2)c1. The van der Waals surface area contributed by atoms with Crippen molar-refractivity contribution in [1.29, 1.82) is 0 Å². The Morgan fingerprint density at radius 2 is 2.15 bits per heavy atom. The van der Waals surface area contributed by atoms with Crippen molar-refractivity contribution in [1.82, 2.24) is 15.1 Å². The van der Waals surface area contributed by atoms with Crippen LogP contribution in [0.15, 0.2) is 28.2 Å². The fourth-order valence-electron chi connectivity index (χ4n) is 2.78.